The predicted molar refractivity (Wildman–Crippen MR) is 65.3 cm³/mol. The highest BCUT2D eigenvalue weighted by molar-refractivity contribution is 5.85. The number of likely N-dealkylation sites (tertiary alicyclic amines) is 1. The fourth-order valence-corrected chi connectivity index (χ4v) is 3.03. The molecule has 2 fully saturated rings. The summed E-state index contributed by atoms with van der Waals surface area (Å²) < 4.78 is 0. The van der Waals surface area contributed by atoms with Gasteiger partial charge < -0.3 is 10.2 Å². The minimum atomic E-state index is 0.0253. The van der Waals surface area contributed by atoms with E-state index in [2.05, 4.69) is 17.1 Å². The zero-order valence-corrected chi connectivity index (χ0v) is 10.4. The lowest BCUT2D eigenvalue weighted by molar-refractivity contribution is -0.137. The van der Waals surface area contributed by atoms with Crippen LogP contribution in [0.3, 0.4) is 0 Å². The van der Waals surface area contributed by atoms with Crippen molar-refractivity contribution in [3.63, 3.8) is 0 Å². The topological polar surface area (TPSA) is 32.3 Å². The molecule has 1 N–H and O–H groups in total. The SMILES string of the molecule is CCCCCN1CCC2(CCNCC2)C1=O. The molecule has 16 heavy (non-hydrogen) atoms. The Labute approximate surface area is 98.6 Å². The Hall–Kier alpha value is -0.570. The average Bonchev–Trinajstić information content (AvgIpc) is 2.60. The van der Waals surface area contributed by atoms with Gasteiger partial charge in [0, 0.05) is 13.1 Å². The number of carbonyl (C=O) groups excluding carboxylic acids is 1. The molecule has 2 saturated heterocycles. The van der Waals surface area contributed by atoms with Gasteiger partial charge in [0.15, 0.2) is 0 Å². The molecule has 3 nitrogen and oxygen atoms in total. The molecule has 0 aromatic rings. The van der Waals surface area contributed by atoms with E-state index in [0.717, 1.165) is 45.4 Å². The van der Waals surface area contributed by atoms with Gasteiger partial charge in [0.25, 0.3) is 0 Å². The van der Waals surface area contributed by atoms with E-state index in [-0.39, 0.29) is 5.41 Å². The third-order valence-electron chi connectivity index (χ3n) is 4.19. The summed E-state index contributed by atoms with van der Waals surface area (Å²) in [5, 5.41) is 3.35. The molecule has 0 bridgehead atoms. The zero-order chi connectivity index (χ0) is 11.4. The van der Waals surface area contributed by atoms with Crippen LogP contribution in [0.25, 0.3) is 0 Å². The molecule has 0 aromatic carbocycles. The van der Waals surface area contributed by atoms with Crippen molar-refractivity contribution in [3.05, 3.63) is 0 Å². The van der Waals surface area contributed by atoms with Gasteiger partial charge in [-0.2, -0.15) is 0 Å². The van der Waals surface area contributed by atoms with Gasteiger partial charge >= 0.3 is 0 Å². The number of nitrogens with zero attached hydrogens (tertiary/aromatic N) is 1. The summed E-state index contributed by atoms with van der Waals surface area (Å²) in [4.78, 5) is 14.5. The number of rotatable bonds is 4. The minimum Gasteiger partial charge on any atom is -0.342 e. The maximum Gasteiger partial charge on any atom is 0.228 e. The van der Waals surface area contributed by atoms with Crippen LogP contribution in [-0.2, 0) is 4.79 Å². The zero-order valence-electron chi connectivity index (χ0n) is 10.4. The molecule has 1 spiro atoms. The van der Waals surface area contributed by atoms with E-state index in [1.807, 2.05) is 0 Å². The highest BCUT2D eigenvalue weighted by Gasteiger charge is 2.46. The molecule has 3 heteroatoms. The Balaban J connectivity index is 1.88. The van der Waals surface area contributed by atoms with Crippen LogP contribution >= 0.6 is 0 Å². The van der Waals surface area contributed by atoms with Crippen molar-refractivity contribution >= 4 is 5.91 Å². The molecule has 0 radical (unpaired) electrons. The van der Waals surface area contributed by atoms with Gasteiger partial charge in [0.1, 0.15) is 0 Å². The standard InChI is InChI=1S/C13H24N2O/c1-2-3-4-10-15-11-7-13(12(15)16)5-8-14-9-6-13/h14H,2-11H2,1H3. The van der Waals surface area contributed by atoms with Crippen LogP contribution in [0.5, 0.6) is 0 Å². The highest BCUT2D eigenvalue weighted by atomic mass is 16.2. The molecule has 2 heterocycles. The molecule has 2 rings (SSSR count). The van der Waals surface area contributed by atoms with Crippen molar-refractivity contribution < 1.29 is 4.79 Å². The molecular formula is C13H24N2O. The smallest absolute Gasteiger partial charge is 0.228 e. The van der Waals surface area contributed by atoms with Crippen molar-refractivity contribution in [2.75, 3.05) is 26.2 Å². The van der Waals surface area contributed by atoms with E-state index >= 15 is 0 Å². The fourth-order valence-electron chi connectivity index (χ4n) is 3.03. The molecular weight excluding hydrogens is 200 g/mol. The maximum atomic E-state index is 12.4. The summed E-state index contributed by atoms with van der Waals surface area (Å²) in [6.07, 6.45) is 6.86. The van der Waals surface area contributed by atoms with Crippen LogP contribution < -0.4 is 5.32 Å². The van der Waals surface area contributed by atoms with Gasteiger partial charge in [-0.15, -0.1) is 0 Å². The molecule has 2 aliphatic heterocycles. The summed E-state index contributed by atoms with van der Waals surface area (Å²) in [5.74, 6) is 0.449. The summed E-state index contributed by atoms with van der Waals surface area (Å²) >= 11 is 0. The Morgan fingerprint density at radius 1 is 1.25 bits per heavy atom. The molecule has 0 aromatic heterocycles. The number of hydrogen-bond donors (Lipinski definition) is 1. The molecule has 92 valence electrons. The Morgan fingerprint density at radius 3 is 2.69 bits per heavy atom. The van der Waals surface area contributed by atoms with Crippen molar-refractivity contribution in [1.29, 1.82) is 0 Å². The number of nitrogens with one attached hydrogen (secondary N) is 1. The minimum absolute atomic E-state index is 0.0253. The third-order valence-corrected chi connectivity index (χ3v) is 4.19. The van der Waals surface area contributed by atoms with Crippen LogP contribution in [-0.4, -0.2) is 37.0 Å². The lowest BCUT2D eigenvalue weighted by atomic mass is 9.78. The molecule has 1 amide bonds. The number of amides is 1. The van der Waals surface area contributed by atoms with Crippen LogP contribution in [0.4, 0.5) is 0 Å². The normalized spacial score (nSPS) is 24.3. The second-order valence-corrected chi connectivity index (χ2v) is 5.28. The lowest BCUT2D eigenvalue weighted by Gasteiger charge is -2.32. The van der Waals surface area contributed by atoms with Gasteiger partial charge in [0.2, 0.25) is 5.91 Å². The van der Waals surface area contributed by atoms with E-state index in [1.54, 1.807) is 0 Å². The second-order valence-electron chi connectivity index (χ2n) is 5.28. The van der Waals surface area contributed by atoms with Crippen molar-refractivity contribution in [3.8, 4) is 0 Å². The van der Waals surface area contributed by atoms with Crippen molar-refractivity contribution in [2.24, 2.45) is 5.41 Å². The van der Waals surface area contributed by atoms with E-state index in [4.69, 9.17) is 0 Å². The van der Waals surface area contributed by atoms with Crippen LogP contribution in [0.2, 0.25) is 0 Å². The first-order valence-corrected chi connectivity index (χ1v) is 6.79. The van der Waals surface area contributed by atoms with Crippen LogP contribution in [0.1, 0.15) is 45.4 Å². The molecule has 0 aliphatic carbocycles. The number of piperidine rings is 1. The van der Waals surface area contributed by atoms with Crippen molar-refractivity contribution in [1.82, 2.24) is 10.2 Å². The number of unbranched alkanes of at least 4 members (excludes halogenated alkanes) is 2. The Kier molecular flexibility index (Phi) is 3.85. The van der Waals surface area contributed by atoms with Gasteiger partial charge in [-0.3, -0.25) is 4.79 Å². The fraction of sp³-hybridized carbons (Fsp3) is 0.923. The first-order chi connectivity index (χ1) is 7.78. The van der Waals surface area contributed by atoms with E-state index < -0.39 is 0 Å². The summed E-state index contributed by atoms with van der Waals surface area (Å²) in [6, 6.07) is 0. The first kappa shape index (κ1) is 11.9. The quantitative estimate of drug-likeness (QED) is 0.738. The Bertz CT molecular complexity index is 244. The summed E-state index contributed by atoms with van der Waals surface area (Å²) in [5.41, 5.74) is 0.0253. The molecule has 0 saturated carbocycles. The van der Waals surface area contributed by atoms with E-state index in [1.165, 1.54) is 19.3 Å². The first-order valence-electron chi connectivity index (χ1n) is 6.79. The average molecular weight is 224 g/mol. The lowest BCUT2D eigenvalue weighted by Crippen LogP contribution is -2.42. The number of hydrogen-bond acceptors (Lipinski definition) is 2. The van der Waals surface area contributed by atoms with Crippen LogP contribution in [0, 0.1) is 5.41 Å². The monoisotopic (exact) mass is 224 g/mol. The second kappa shape index (κ2) is 5.17. The van der Waals surface area contributed by atoms with Gasteiger partial charge in [-0.25, -0.2) is 0 Å². The van der Waals surface area contributed by atoms with E-state index in [0.29, 0.717) is 5.91 Å². The van der Waals surface area contributed by atoms with Gasteiger partial charge in [-0.1, -0.05) is 19.8 Å². The maximum absolute atomic E-state index is 12.4. The van der Waals surface area contributed by atoms with Crippen molar-refractivity contribution in [2.45, 2.75) is 45.4 Å². The summed E-state index contributed by atoms with van der Waals surface area (Å²) in [6.45, 7) is 6.24. The molecule has 0 atom stereocenters. The largest absolute Gasteiger partial charge is 0.342 e. The van der Waals surface area contributed by atoms with Gasteiger partial charge in [-0.05, 0) is 38.8 Å². The predicted octanol–water partition coefficient (Wildman–Crippen LogP) is 1.78. The van der Waals surface area contributed by atoms with Gasteiger partial charge in [0.05, 0.1) is 5.41 Å². The molecule has 0 unspecified atom stereocenters. The highest BCUT2D eigenvalue weighted by Crippen LogP contribution is 2.39. The van der Waals surface area contributed by atoms with E-state index in [9.17, 15) is 4.79 Å². The molecule has 2 aliphatic rings. The third kappa shape index (κ3) is 2.24. The summed E-state index contributed by atoms with van der Waals surface area (Å²) in [7, 11) is 0. The Morgan fingerprint density at radius 2 is 2.00 bits per heavy atom. The van der Waals surface area contributed by atoms with Crippen LogP contribution in [0.15, 0.2) is 0 Å². The number of carbonyl (C=O) groups is 1.